The number of nitrogens with one attached hydrogen (secondary N) is 1. The molecule has 3 nitrogen and oxygen atoms in total. The zero-order valence-electron chi connectivity index (χ0n) is 12.4. The van der Waals surface area contributed by atoms with Crippen LogP contribution >= 0.6 is 11.3 Å². The maximum absolute atomic E-state index is 13.1. The molecule has 0 fully saturated rings. The first-order chi connectivity index (χ1) is 11.1. The lowest BCUT2D eigenvalue weighted by molar-refractivity contribution is 0.0959. The fraction of sp³-hybridized carbons (Fsp3) is 0.294. The fourth-order valence-corrected chi connectivity index (χ4v) is 3.74. The molecule has 0 atom stereocenters. The SMILES string of the molecule is O=C(N/N=C\c1ccc(F)c(F)c1)c1cc2c(s1)CCCCC2. The summed E-state index contributed by atoms with van der Waals surface area (Å²) < 4.78 is 25.9. The van der Waals surface area contributed by atoms with E-state index in [1.807, 2.05) is 6.07 Å². The van der Waals surface area contributed by atoms with Gasteiger partial charge < -0.3 is 0 Å². The molecule has 1 aliphatic carbocycles. The van der Waals surface area contributed by atoms with E-state index in [1.165, 1.54) is 53.3 Å². The Morgan fingerprint density at radius 3 is 2.78 bits per heavy atom. The molecule has 0 saturated heterocycles. The van der Waals surface area contributed by atoms with Gasteiger partial charge >= 0.3 is 0 Å². The molecule has 3 rings (SSSR count). The van der Waals surface area contributed by atoms with Crippen molar-refractivity contribution in [1.82, 2.24) is 5.43 Å². The van der Waals surface area contributed by atoms with Crippen molar-refractivity contribution >= 4 is 23.5 Å². The van der Waals surface area contributed by atoms with Gasteiger partial charge in [-0.1, -0.05) is 12.5 Å². The lowest BCUT2D eigenvalue weighted by Crippen LogP contribution is -2.16. The highest BCUT2D eigenvalue weighted by Crippen LogP contribution is 2.28. The van der Waals surface area contributed by atoms with Crippen molar-refractivity contribution in [3.05, 3.63) is 56.8 Å². The summed E-state index contributed by atoms with van der Waals surface area (Å²) >= 11 is 1.51. The Labute approximate surface area is 137 Å². The van der Waals surface area contributed by atoms with Gasteiger partial charge in [0.1, 0.15) is 0 Å². The van der Waals surface area contributed by atoms with Crippen LogP contribution < -0.4 is 5.43 Å². The monoisotopic (exact) mass is 334 g/mol. The van der Waals surface area contributed by atoms with Crippen molar-refractivity contribution < 1.29 is 13.6 Å². The Hall–Kier alpha value is -2.08. The summed E-state index contributed by atoms with van der Waals surface area (Å²) in [6.45, 7) is 0. The van der Waals surface area contributed by atoms with E-state index in [0.717, 1.165) is 25.0 Å². The van der Waals surface area contributed by atoms with E-state index in [4.69, 9.17) is 0 Å². The fourth-order valence-electron chi connectivity index (χ4n) is 2.59. The molecule has 1 aromatic carbocycles. The van der Waals surface area contributed by atoms with Gasteiger partial charge in [0.15, 0.2) is 11.6 Å². The predicted octanol–water partition coefficient (Wildman–Crippen LogP) is 4.06. The molecule has 1 aromatic heterocycles. The average Bonchev–Trinajstić information content (AvgIpc) is 2.82. The highest BCUT2D eigenvalue weighted by molar-refractivity contribution is 7.14. The minimum Gasteiger partial charge on any atom is -0.266 e. The molecule has 1 heterocycles. The summed E-state index contributed by atoms with van der Waals surface area (Å²) in [6, 6.07) is 5.38. The van der Waals surface area contributed by atoms with Crippen LogP contribution in [0.25, 0.3) is 0 Å². The number of hydrogen-bond acceptors (Lipinski definition) is 3. The molecule has 0 spiro atoms. The molecule has 0 aliphatic heterocycles. The molecule has 2 aromatic rings. The van der Waals surface area contributed by atoms with Crippen LogP contribution in [0, 0.1) is 11.6 Å². The second kappa shape index (κ2) is 7.00. The molecule has 120 valence electrons. The Balaban J connectivity index is 1.65. The third kappa shape index (κ3) is 3.82. The van der Waals surface area contributed by atoms with Crippen LogP contribution in [-0.2, 0) is 12.8 Å². The number of hydrogen-bond donors (Lipinski definition) is 1. The third-order valence-corrected chi connectivity index (χ3v) is 5.03. The normalized spacial score (nSPS) is 14.5. The minimum absolute atomic E-state index is 0.276. The third-order valence-electron chi connectivity index (χ3n) is 3.79. The maximum Gasteiger partial charge on any atom is 0.281 e. The molecule has 0 radical (unpaired) electrons. The van der Waals surface area contributed by atoms with E-state index < -0.39 is 11.6 Å². The lowest BCUT2D eigenvalue weighted by Gasteiger charge is -1.97. The van der Waals surface area contributed by atoms with Gasteiger partial charge in [0.05, 0.1) is 11.1 Å². The second-order valence-corrected chi connectivity index (χ2v) is 6.63. The molecule has 0 saturated carbocycles. The van der Waals surface area contributed by atoms with Gasteiger partial charge in [0.25, 0.3) is 5.91 Å². The number of amides is 1. The zero-order valence-corrected chi connectivity index (χ0v) is 13.3. The number of carbonyl (C=O) groups excluding carboxylic acids is 1. The van der Waals surface area contributed by atoms with Gasteiger partial charge in [-0.2, -0.15) is 5.10 Å². The minimum atomic E-state index is -0.942. The first-order valence-corrected chi connectivity index (χ1v) is 8.35. The summed E-state index contributed by atoms with van der Waals surface area (Å²) in [5.41, 5.74) is 4.08. The molecule has 0 bridgehead atoms. The number of nitrogens with zero attached hydrogens (tertiary/aromatic N) is 1. The van der Waals surface area contributed by atoms with E-state index in [2.05, 4.69) is 10.5 Å². The van der Waals surface area contributed by atoms with Crippen LogP contribution in [0.3, 0.4) is 0 Å². The maximum atomic E-state index is 13.1. The predicted molar refractivity (Wildman–Crippen MR) is 87.0 cm³/mol. The van der Waals surface area contributed by atoms with Crippen LogP contribution in [0.1, 0.15) is 44.9 Å². The smallest absolute Gasteiger partial charge is 0.266 e. The number of aryl methyl sites for hydroxylation is 2. The van der Waals surface area contributed by atoms with Crippen LogP contribution in [0.15, 0.2) is 29.4 Å². The summed E-state index contributed by atoms with van der Waals surface area (Å²) in [7, 11) is 0. The van der Waals surface area contributed by atoms with Crippen molar-refractivity contribution in [1.29, 1.82) is 0 Å². The Morgan fingerprint density at radius 1 is 1.13 bits per heavy atom. The molecule has 1 N–H and O–H groups in total. The largest absolute Gasteiger partial charge is 0.281 e. The zero-order chi connectivity index (χ0) is 16.2. The van der Waals surface area contributed by atoms with Gasteiger partial charge in [-0.05, 0) is 55.0 Å². The number of fused-ring (bicyclic) bond motifs is 1. The molecule has 0 unspecified atom stereocenters. The molecular formula is C17H16F2N2OS. The van der Waals surface area contributed by atoms with Crippen LogP contribution in [0.2, 0.25) is 0 Å². The molecule has 23 heavy (non-hydrogen) atoms. The van der Waals surface area contributed by atoms with Crippen molar-refractivity contribution in [2.75, 3.05) is 0 Å². The Bertz CT molecular complexity index is 732. The highest BCUT2D eigenvalue weighted by atomic mass is 32.1. The topological polar surface area (TPSA) is 41.5 Å². The number of rotatable bonds is 3. The summed E-state index contributed by atoms with van der Waals surface area (Å²) in [4.78, 5) is 14.0. The number of carbonyl (C=O) groups is 1. The Morgan fingerprint density at radius 2 is 1.96 bits per heavy atom. The first-order valence-electron chi connectivity index (χ1n) is 7.53. The summed E-state index contributed by atoms with van der Waals surface area (Å²) in [5.74, 6) is -2.13. The summed E-state index contributed by atoms with van der Waals surface area (Å²) in [6.07, 6.45) is 6.92. The number of benzene rings is 1. The Kier molecular flexibility index (Phi) is 4.81. The molecule has 1 amide bonds. The van der Waals surface area contributed by atoms with Crippen molar-refractivity contribution in [3.63, 3.8) is 0 Å². The highest BCUT2D eigenvalue weighted by Gasteiger charge is 2.16. The summed E-state index contributed by atoms with van der Waals surface area (Å²) in [5, 5.41) is 3.81. The second-order valence-electron chi connectivity index (χ2n) is 5.49. The van der Waals surface area contributed by atoms with E-state index in [1.54, 1.807) is 0 Å². The van der Waals surface area contributed by atoms with Gasteiger partial charge in [-0.15, -0.1) is 11.3 Å². The van der Waals surface area contributed by atoms with Crippen molar-refractivity contribution in [2.45, 2.75) is 32.1 Å². The van der Waals surface area contributed by atoms with Crippen molar-refractivity contribution in [3.8, 4) is 0 Å². The lowest BCUT2D eigenvalue weighted by atomic mass is 10.1. The molecule has 6 heteroatoms. The van der Waals surface area contributed by atoms with Crippen LogP contribution in [0.5, 0.6) is 0 Å². The van der Waals surface area contributed by atoms with Gasteiger partial charge in [0, 0.05) is 4.88 Å². The average molecular weight is 334 g/mol. The van der Waals surface area contributed by atoms with E-state index >= 15 is 0 Å². The van der Waals surface area contributed by atoms with E-state index in [-0.39, 0.29) is 5.91 Å². The number of halogens is 2. The standard InChI is InChI=1S/C17H16F2N2OS/c18-13-7-6-11(8-14(13)19)10-20-21-17(22)16-9-12-4-2-1-3-5-15(12)23-16/h6-10H,1-5H2,(H,21,22)/b20-10-. The molecule has 1 aliphatic rings. The van der Waals surface area contributed by atoms with Crippen LogP contribution in [-0.4, -0.2) is 12.1 Å². The van der Waals surface area contributed by atoms with E-state index in [0.29, 0.717) is 10.4 Å². The van der Waals surface area contributed by atoms with Gasteiger partial charge in [-0.3, -0.25) is 4.79 Å². The molecular weight excluding hydrogens is 318 g/mol. The first kappa shape index (κ1) is 15.8. The number of hydrazone groups is 1. The van der Waals surface area contributed by atoms with Crippen LogP contribution in [0.4, 0.5) is 8.78 Å². The number of thiophene rings is 1. The van der Waals surface area contributed by atoms with Crippen molar-refractivity contribution in [2.24, 2.45) is 5.10 Å². The van der Waals surface area contributed by atoms with Gasteiger partial charge in [0.2, 0.25) is 0 Å². The quantitative estimate of drug-likeness (QED) is 0.513. The van der Waals surface area contributed by atoms with E-state index in [9.17, 15) is 13.6 Å². The van der Waals surface area contributed by atoms with Gasteiger partial charge in [-0.25, -0.2) is 14.2 Å².